The smallest absolute Gasteiger partial charge is 0.410 e. The number of alkyl carbamates (subject to hydrolysis) is 1. The summed E-state index contributed by atoms with van der Waals surface area (Å²) in [6, 6.07) is 16.0. The van der Waals surface area contributed by atoms with Gasteiger partial charge in [-0.15, -0.1) is 0 Å². The number of likely N-dealkylation sites (tertiary alicyclic amines) is 1. The van der Waals surface area contributed by atoms with Gasteiger partial charge in [-0.25, -0.2) is 14.4 Å². The molecule has 2 aromatic rings. The average Bonchev–Trinajstić information content (AvgIpc) is 3.15. The van der Waals surface area contributed by atoms with Crippen LogP contribution >= 0.6 is 0 Å². The molecule has 0 unspecified atom stereocenters. The van der Waals surface area contributed by atoms with Crippen LogP contribution < -0.4 is 5.32 Å². The number of carboxylic acid groups (broad SMARTS) is 1. The first-order valence-corrected chi connectivity index (χ1v) is 10.8. The largest absolute Gasteiger partial charge is 0.480 e. The summed E-state index contributed by atoms with van der Waals surface area (Å²) in [4.78, 5) is 38.1. The predicted octanol–water partition coefficient (Wildman–Crippen LogP) is 3.77. The number of carboxylic acids is 1. The van der Waals surface area contributed by atoms with E-state index in [1.54, 1.807) is 0 Å². The highest BCUT2D eigenvalue weighted by Gasteiger charge is 2.44. The number of aliphatic carboxylic acids is 1. The van der Waals surface area contributed by atoms with E-state index in [0.29, 0.717) is 0 Å². The van der Waals surface area contributed by atoms with Crippen LogP contribution in [0, 0.1) is 0 Å². The van der Waals surface area contributed by atoms with Gasteiger partial charge in [0.15, 0.2) is 0 Å². The highest BCUT2D eigenvalue weighted by Crippen LogP contribution is 2.44. The van der Waals surface area contributed by atoms with E-state index in [-0.39, 0.29) is 45.1 Å². The third kappa shape index (κ3) is 4.41. The highest BCUT2D eigenvalue weighted by molar-refractivity contribution is 5.85. The third-order valence-corrected chi connectivity index (χ3v) is 6.29. The number of piperidine rings is 1. The van der Waals surface area contributed by atoms with Crippen molar-refractivity contribution >= 4 is 18.2 Å². The quantitative estimate of drug-likeness (QED) is 0.649. The van der Waals surface area contributed by atoms with Crippen molar-refractivity contribution < 1.29 is 29.0 Å². The van der Waals surface area contributed by atoms with Gasteiger partial charge in [0.2, 0.25) is 0 Å². The van der Waals surface area contributed by atoms with Crippen molar-refractivity contribution in [1.29, 1.82) is 0 Å². The lowest BCUT2D eigenvalue weighted by atomic mass is 9.88. The predicted molar refractivity (Wildman–Crippen MR) is 121 cm³/mol. The van der Waals surface area contributed by atoms with Crippen LogP contribution in [0.1, 0.15) is 29.9 Å². The molecule has 4 rings (SSSR count). The molecule has 1 fully saturated rings. The number of amides is 2. The highest BCUT2D eigenvalue weighted by atomic mass is 16.6. The standard InChI is InChI=1S/C25H26N2O6/c1-2-15-32-24(31)27-13-11-25(12-14-27,22(28)29)26-23(30)33-16-21-19-9-5-3-7-17(19)18-8-4-6-10-20(18)21/h2-10,21H,1,11-16H2,(H,26,30)(H,28,29). The molecule has 33 heavy (non-hydrogen) atoms. The third-order valence-electron chi connectivity index (χ3n) is 6.29. The molecule has 2 aromatic carbocycles. The lowest BCUT2D eigenvalue weighted by molar-refractivity contribution is -0.146. The number of hydrogen-bond acceptors (Lipinski definition) is 5. The Hall–Kier alpha value is -3.81. The molecule has 1 aliphatic heterocycles. The van der Waals surface area contributed by atoms with Crippen LogP contribution in [0.3, 0.4) is 0 Å². The van der Waals surface area contributed by atoms with E-state index < -0.39 is 23.7 Å². The van der Waals surface area contributed by atoms with E-state index in [4.69, 9.17) is 9.47 Å². The fraction of sp³-hybridized carbons (Fsp3) is 0.320. The first-order valence-electron chi connectivity index (χ1n) is 10.8. The van der Waals surface area contributed by atoms with E-state index in [1.165, 1.54) is 11.0 Å². The maximum absolute atomic E-state index is 12.6. The van der Waals surface area contributed by atoms with Crippen molar-refractivity contribution in [3.05, 3.63) is 72.3 Å². The van der Waals surface area contributed by atoms with Gasteiger partial charge in [0, 0.05) is 19.0 Å². The molecule has 0 atom stereocenters. The lowest BCUT2D eigenvalue weighted by Crippen LogP contribution is -2.60. The number of hydrogen-bond donors (Lipinski definition) is 2. The van der Waals surface area contributed by atoms with E-state index in [2.05, 4.69) is 11.9 Å². The van der Waals surface area contributed by atoms with Gasteiger partial charge in [-0.2, -0.15) is 0 Å². The molecule has 0 aromatic heterocycles. The molecule has 2 aliphatic rings. The molecule has 0 radical (unpaired) electrons. The van der Waals surface area contributed by atoms with E-state index >= 15 is 0 Å². The Morgan fingerprint density at radius 1 is 1.03 bits per heavy atom. The Kier molecular flexibility index (Phi) is 6.35. The normalized spacial score (nSPS) is 16.3. The second-order valence-electron chi connectivity index (χ2n) is 8.19. The second kappa shape index (κ2) is 9.36. The van der Waals surface area contributed by atoms with Gasteiger partial charge in [-0.3, -0.25) is 0 Å². The summed E-state index contributed by atoms with van der Waals surface area (Å²) < 4.78 is 10.5. The van der Waals surface area contributed by atoms with Crippen LogP contribution in [-0.4, -0.2) is 60.0 Å². The maximum Gasteiger partial charge on any atom is 0.410 e. The van der Waals surface area contributed by atoms with E-state index in [1.807, 2.05) is 48.5 Å². The van der Waals surface area contributed by atoms with Crippen molar-refractivity contribution in [3.63, 3.8) is 0 Å². The Morgan fingerprint density at radius 2 is 1.61 bits per heavy atom. The molecule has 0 spiro atoms. The number of nitrogens with one attached hydrogen (secondary N) is 1. The SMILES string of the molecule is C=CCOC(=O)N1CCC(NC(=O)OCC2c3ccccc3-c3ccccc32)(C(=O)O)CC1. The zero-order valence-corrected chi connectivity index (χ0v) is 18.2. The van der Waals surface area contributed by atoms with Crippen LogP contribution in [0.2, 0.25) is 0 Å². The van der Waals surface area contributed by atoms with Crippen LogP contribution in [-0.2, 0) is 14.3 Å². The topological polar surface area (TPSA) is 105 Å². The minimum absolute atomic E-state index is 0.0513. The van der Waals surface area contributed by atoms with Crippen LogP contribution in [0.5, 0.6) is 0 Å². The summed E-state index contributed by atoms with van der Waals surface area (Å²) in [5, 5.41) is 12.4. The van der Waals surface area contributed by atoms with Gasteiger partial charge in [-0.1, -0.05) is 61.2 Å². The zero-order valence-electron chi connectivity index (χ0n) is 18.2. The molecule has 8 heteroatoms. The van der Waals surface area contributed by atoms with Crippen molar-refractivity contribution in [2.45, 2.75) is 24.3 Å². The first kappa shape index (κ1) is 22.4. The lowest BCUT2D eigenvalue weighted by Gasteiger charge is -2.38. The van der Waals surface area contributed by atoms with E-state index in [9.17, 15) is 19.5 Å². The molecule has 0 bridgehead atoms. The van der Waals surface area contributed by atoms with Crippen molar-refractivity contribution in [2.75, 3.05) is 26.3 Å². The fourth-order valence-electron chi connectivity index (χ4n) is 4.51. The van der Waals surface area contributed by atoms with Gasteiger partial charge in [0.25, 0.3) is 0 Å². The molecule has 1 heterocycles. The Balaban J connectivity index is 1.39. The number of carbonyl (C=O) groups excluding carboxylic acids is 2. The number of rotatable bonds is 6. The molecule has 1 aliphatic carbocycles. The minimum atomic E-state index is -1.50. The van der Waals surface area contributed by atoms with Crippen LogP contribution in [0.25, 0.3) is 11.1 Å². The summed E-state index contributed by atoms with van der Waals surface area (Å²) in [5.74, 6) is -1.28. The van der Waals surface area contributed by atoms with Crippen molar-refractivity contribution in [2.24, 2.45) is 0 Å². The molecule has 2 amide bonds. The number of nitrogens with zero attached hydrogens (tertiary/aromatic N) is 1. The summed E-state index contributed by atoms with van der Waals surface area (Å²) in [5.41, 5.74) is 2.87. The van der Waals surface area contributed by atoms with Gasteiger partial charge in [-0.05, 0) is 35.1 Å². The van der Waals surface area contributed by atoms with Crippen molar-refractivity contribution in [1.82, 2.24) is 10.2 Å². The number of carbonyl (C=O) groups is 3. The summed E-state index contributed by atoms with van der Waals surface area (Å²) >= 11 is 0. The summed E-state index contributed by atoms with van der Waals surface area (Å²) in [7, 11) is 0. The Labute approximate surface area is 191 Å². The molecule has 172 valence electrons. The monoisotopic (exact) mass is 450 g/mol. The van der Waals surface area contributed by atoms with Crippen molar-refractivity contribution in [3.8, 4) is 11.1 Å². The van der Waals surface area contributed by atoms with Gasteiger partial charge in [0.05, 0.1) is 0 Å². The number of benzene rings is 2. The Bertz CT molecular complexity index is 1030. The van der Waals surface area contributed by atoms with Gasteiger partial charge >= 0.3 is 18.2 Å². The Morgan fingerprint density at radius 3 is 2.15 bits per heavy atom. The van der Waals surface area contributed by atoms with E-state index in [0.717, 1.165) is 22.3 Å². The molecule has 0 saturated carbocycles. The molecule has 8 nitrogen and oxygen atoms in total. The molecule has 1 saturated heterocycles. The fourth-order valence-corrected chi connectivity index (χ4v) is 4.51. The molecular weight excluding hydrogens is 424 g/mol. The van der Waals surface area contributed by atoms with Crippen LogP contribution in [0.4, 0.5) is 9.59 Å². The number of ether oxygens (including phenoxy) is 2. The molecule has 2 N–H and O–H groups in total. The second-order valence-corrected chi connectivity index (χ2v) is 8.19. The summed E-state index contributed by atoms with van der Waals surface area (Å²) in [6.07, 6.45) is 0.241. The first-order chi connectivity index (χ1) is 15.9. The average molecular weight is 450 g/mol. The number of fused-ring (bicyclic) bond motifs is 3. The maximum atomic E-state index is 12.6. The van der Waals surface area contributed by atoms with Crippen LogP contribution in [0.15, 0.2) is 61.2 Å². The summed E-state index contributed by atoms with van der Waals surface area (Å²) in [6.45, 7) is 3.96. The molecular formula is C25H26N2O6. The zero-order chi connectivity index (χ0) is 23.4. The van der Waals surface area contributed by atoms with Gasteiger partial charge in [0.1, 0.15) is 18.8 Å². The minimum Gasteiger partial charge on any atom is -0.480 e. The van der Waals surface area contributed by atoms with Gasteiger partial charge < -0.3 is 24.8 Å².